The first-order valence-electron chi connectivity index (χ1n) is 21.8. The van der Waals surface area contributed by atoms with Gasteiger partial charge in [0, 0.05) is 92.6 Å². The van der Waals surface area contributed by atoms with Crippen LogP contribution >= 0.6 is 0 Å². The standard InChI is InChI=1S/C58H40N6/c1-63-31-29-37-33-39(17-27-53(37)63)55-45-19-23-49(59-45)57(43-15-7-11-35-9-3-5-13-41(35)43)51-25-21-47(61-51)56(40-18-28-54-38(34-40)30-32-64(54)2)48-22-26-52(62-48)58(50-24-20-46(55)60-50)44-16-8-12-36-10-4-6-14-42(36)44/h3-34,59,62H,1-2H3. The van der Waals surface area contributed by atoms with Crippen LogP contribution in [0.3, 0.4) is 0 Å². The average Bonchev–Trinajstić information content (AvgIpc) is 4.21. The highest BCUT2D eigenvalue weighted by molar-refractivity contribution is 6.07. The number of hydrogen-bond acceptors (Lipinski definition) is 2. The third-order valence-corrected chi connectivity index (χ3v) is 13.2. The van der Waals surface area contributed by atoms with Gasteiger partial charge < -0.3 is 19.1 Å². The van der Waals surface area contributed by atoms with Gasteiger partial charge in [0.15, 0.2) is 0 Å². The number of nitrogens with zero attached hydrogens (tertiary/aromatic N) is 4. The summed E-state index contributed by atoms with van der Waals surface area (Å²) in [6.45, 7) is 0. The van der Waals surface area contributed by atoms with Crippen molar-refractivity contribution in [3.05, 3.63) is 193 Å². The quantitative estimate of drug-likeness (QED) is 0.186. The minimum atomic E-state index is 0.888. The van der Waals surface area contributed by atoms with E-state index >= 15 is 0 Å². The van der Waals surface area contributed by atoms with Gasteiger partial charge in [-0.2, -0.15) is 0 Å². The van der Waals surface area contributed by atoms with Crippen molar-refractivity contribution in [3.63, 3.8) is 0 Å². The lowest BCUT2D eigenvalue weighted by atomic mass is 9.97. The minimum absolute atomic E-state index is 0.888. The molecule has 0 saturated carbocycles. The molecule has 8 bridgehead atoms. The van der Waals surface area contributed by atoms with E-state index in [2.05, 4.69) is 228 Å². The number of nitrogens with one attached hydrogen (secondary N) is 2. The summed E-state index contributed by atoms with van der Waals surface area (Å²) in [4.78, 5) is 19.1. The largest absolute Gasteiger partial charge is 0.354 e. The van der Waals surface area contributed by atoms with Gasteiger partial charge >= 0.3 is 0 Å². The molecule has 0 saturated heterocycles. The molecule has 2 aliphatic rings. The van der Waals surface area contributed by atoms with Crippen LogP contribution in [0.5, 0.6) is 0 Å². The Balaban J connectivity index is 1.21. The fraction of sp³-hybridized carbons (Fsp3) is 0.0345. The summed E-state index contributed by atoms with van der Waals surface area (Å²) < 4.78 is 4.33. The summed E-state index contributed by atoms with van der Waals surface area (Å²) in [6.07, 6.45) is 13.0. The van der Waals surface area contributed by atoms with E-state index in [9.17, 15) is 0 Å². The Kier molecular flexibility index (Phi) is 7.93. The second kappa shape index (κ2) is 14.0. The Bertz CT molecular complexity index is 3720. The molecule has 0 amide bonds. The first-order valence-corrected chi connectivity index (χ1v) is 21.8. The van der Waals surface area contributed by atoms with E-state index in [0.717, 1.165) is 89.4 Å². The van der Waals surface area contributed by atoms with Crippen molar-refractivity contribution in [1.82, 2.24) is 29.1 Å². The highest BCUT2D eigenvalue weighted by Crippen LogP contribution is 2.42. The van der Waals surface area contributed by atoms with Gasteiger partial charge in [-0.15, -0.1) is 0 Å². The van der Waals surface area contributed by atoms with Gasteiger partial charge in [0.25, 0.3) is 0 Å². The lowest BCUT2D eigenvalue weighted by molar-refractivity contribution is 0.969. The Morgan fingerprint density at radius 3 is 1.20 bits per heavy atom. The summed E-state index contributed by atoms with van der Waals surface area (Å²) in [6, 6.07) is 57.0. The third-order valence-electron chi connectivity index (χ3n) is 13.2. The SMILES string of the molecule is Cn1ccc2cc(-c3c4nc(c(-c5cccc6ccccc56)c5ccc([nH]5)c(-c5ccc6c(ccn6C)c5)c5nc(c(-c6cccc7ccccc67)c6ccc3[nH]6)C=C5)C=C4)ccc21. The molecule has 6 heteroatoms. The van der Waals surface area contributed by atoms with Crippen molar-refractivity contribution in [2.45, 2.75) is 0 Å². The number of benzene rings is 6. The molecule has 0 aliphatic carbocycles. The zero-order valence-corrected chi connectivity index (χ0v) is 35.3. The van der Waals surface area contributed by atoms with Crippen LogP contribution in [-0.2, 0) is 14.1 Å². The monoisotopic (exact) mass is 820 g/mol. The highest BCUT2D eigenvalue weighted by Gasteiger charge is 2.21. The number of H-pyrrole nitrogens is 2. The molecule has 6 nitrogen and oxygen atoms in total. The Labute approximate surface area is 368 Å². The molecule has 302 valence electrons. The fourth-order valence-electron chi connectivity index (χ4n) is 10.1. The molecule has 13 rings (SSSR count). The Morgan fingerprint density at radius 1 is 0.359 bits per heavy atom. The molecule has 2 N–H and O–H groups in total. The van der Waals surface area contributed by atoms with E-state index in [4.69, 9.17) is 9.97 Å². The minimum Gasteiger partial charge on any atom is -0.354 e. The summed E-state index contributed by atoms with van der Waals surface area (Å²) in [5.74, 6) is 0. The lowest BCUT2D eigenvalue weighted by Crippen LogP contribution is -1.91. The number of hydrogen-bond donors (Lipinski definition) is 2. The molecule has 0 unspecified atom stereocenters. The maximum absolute atomic E-state index is 5.61. The molecule has 11 aromatic rings. The number of aromatic amines is 2. The van der Waals surface area contributed by atoms with Crippen LogP contribution in [0.4, 0.5) is 0 Å². The first-order chi connectivity index (χ1) is 31.5. The molecular formula is C58H40N6. The molecule has 2 aliphatic heterocycles. The Hall–Kier alpha value is -8.48. The molecule has 0 spiro atoms. The zero-order valence-electron chi connectivity index (χ0n) is 35.3. The van der Waals surface area contributed by atoms with Gasteiger partial charge in [-0.25, -0.2) is 9.97 Å². The maximum Gasteiger partial charge on any atom is 0.0737 e. The van der Waals surface area contributed by atoms with Gasteiger partial charge in [0.1, 0.15) is 0 Å². The van der Waals surface area contributed by atoms with Crippen molar-refractivity contribution in [2.75, 3.05) is 0 Å². The summed E-state index contributed by atoms with van der Waals surface area (Å²) in [5.41, 5.74) is 18.3. The molecular weight excluding hydrogens is 781 g/mol. The second-order valence-electron chi connectivity index (χ2n) is 17.0. The summed E-state index contributed by atoms with van der Waals surface area (Å²) >= 11 is 0. The van der Waals surface area contributed by atoms with Gasteiger partial charge in [0.05, 0.1) is 22.8 Å². The van der Waals surface area contributed by atoms with Gasteiger partial charge in [-0.1, -0.05) is 97.1 Å². The van der Waals surface area contributed by atoms with Crippen LogP contribution in [0.15, 0.2) is 170 Å². The zero-order chi connectivity index (χ0) is 42.5. The molecule has 0 radical (unpaired) electrons. The number of aryl methyl sites for hydroxylation is 2. The predicted molar refractivity (Wildman–Crippen MR) is 269 cm³/mol. The molecule has 64 heavy (non-hydrogen) atoms. The molecule has 0 atom stereocenters. The molecule has 0 fully saturated rings. The number of rotatable bonds is 4. The van der Waals surface area contributed by atoms with Crippen LogP contribution in [0.2, 0.25) is 0 Å². The number of fused-ring (bicyclic) bond motifs is 12. The van der Waals surface area contributed by atoms with Crippen LogP contribution in [0, 0.1) is 0 Å². The molecule has 7 heterocycles. The Morgan fingerprint density at radius 2 is 0.750 bits per heavy atom. The summed E-state index contributed by atoms with van der Waals surface area (Å²) in [7, 11) is 4.19. The number of aromatic nitrogens is 6. The van der Waals surface area contributed by atoms with E-state index in [-0.39, 0.29) is 0 Å². The highest BCUT2D eigenvalue weighted by atomic mass is 14.9. The molecule has 6 aromatic carbocycles. The van der Waals surface area contributed by atoms with Crippen molar-refractivity contribution in [1.29, 1.82) is 0 Å². The fourth-order valence-corrected chi connectivity index (χ4v) is 10.1. The third kappa shape index (κ3) is 5.66. The lowest BCUT2D eigenvalue weighted by Gasteiger charge is -2.10. The van der Waals surface area contributed by atoms with Crippen LogP contribution in [0.25, 0.3) is 134 Å². The maximum atomic E-state index is 5.61. The van der Waals surface area contributed by atoms with Gasteiger partial charge in [-0.05, 0) is 129 Å². The first kappa shape index (κ1) is 36.2. The van der Waals surface area contributed by atoms with Gasteiger partial charge in [-0.3, -0.25) is 0 Å². The topological polar surface area (TPSA) is 67.2 Å². The van der Waals surface area contributed by atoms with E-state index in [1.54, 1.807) is 0 Å². The normalized spacial score (nSPS) is 12.4. The van der Waals surface area contributed by atoms with Crippen molar-refractivity contribution < 1.29 is 0 Å². The smallest absolute Gasteiger partial charge is 0.0737 e. The van der Waals surface area contributed by atoms with Crippen molar-refractivity contribution >= 4 is 89.7 Å². The van der Waals surface area contributed by atoms with Crippen molar-refractivity contribution in [2.24, 2.45) is 14.1 Å². The molecule has 5 aromatic heterocycles. The van der Waals surface area contributed by atoms with E-state index in [1.807, 2.05) is 0 Å². The van der Waals surface area contributed by atoms with E-state index < -0.39 is 0 Å². The van der Waals surface area contributed by atoms with Crippen LogP contribution < -0.4 is 0 Å². The van der Waals surface area contributed by atoms with Crippen LogP contribution in [-0.4, -0.2) is 29.1 Å². The van der Waals surface area contributed by atoms with E-state index in [0.29, 0.717) is 0 Å². The van der Waals surface area contributed by atoms with Crippen molar-refractivity contribution in [3.8, 4) is 44.5 Å². The van der Waals surface area contributed by atoms with E-state index in [1.165, 1.54) is 43.4 Å². The predicted octanol–water partition coefficient (Wildman–Crippen LogP) is 14.6. The average molecular weight is 821 g/mol. The second-order valence-corrected chi connectivity index (χ2v) is 17.0. The summed E-state index contributed by atoms with van der Waals surface area (Å²) in [5, 5.41) is 7.04. The van der Waals surface area contributed by atoms with Gasteiger partial charge in [0.2, 0.25) is 0 Å². The van der Waals surface area contributed by atoms with Crippen LogP contribution in [0.1, 0.15) is 22.8 Å².